The lowest BCUT2D eigenvalue weighted by atomic mass is 9.97. The molecular formula is C18H14F2N6O. The van der Waals surface area contributed by atoms with Crippen LogP contribution in [0.4, 0.5) is 8.78 Å². The van der Waals surface area contributed by atoms with Crippen LogP contribution in [0.3, 0.4) is 0 Å². The molecule has 0 bridgehead atoms. The highest BCUT2D eigenvalue weighted by Crippen LogP contribution is 2.31. The van der Waals surface area contributed by atoms with Gasteiger partial charge in [0.2, 0.25) is 0 Å². The van der Waals surface area contributed by atoms with Crippen LogP contribution in [0.25, 0.3) is 16.6 Å². The molecule has 0 aliphatic rings. The van der Waals surface area contributed by atoms with Gasteiger partial charge in [-0.15, -0.1) is 10.2 Å². The molecule has 7 nitrogen and oxygen atoms in total. The summed E-state index contributed by atoms with van der Waals surface area (Å²) in [6, 6.07) is 7.60. The van der Waals surface area contributed by atoms with Crippen molar-refractivity contribution in [2.45, 2.75) is 19.8 Å². The van der Waals surface area contributed by atoms with E-state index in [1.54, 1.807) is 38.1 Å². The van der Waals surface area contributed by atoms with Crippen molar-refractivity contribution in [2.24, 2.45) is 5.16 Å². The van der Waals surface area contributed by atoms with Crippen LogP contribution in [0.15, 0.2) is 41.7 Å². The Bertz CT molecular complexity index is 1200. The summed E-state index contributed by atoms with van der Waals surface area (Å²) in [5.41, 5.74) is 1.20. The van der Waals surface area contributed by atoms with E-state index in [0.717, 1.165) is 0 Å². The van der Waals surface area contributed by atoms with Gasteiger partial charge in [0, 0.05) is 29.1 Å². The molecule has 3 heterocycles. The van der Waals surface area contributed by atoms with Gasteiger partial charge in [-0.1, -0.05) is 12.1 Å². The summed E-state index contributed by atoms with van der Waals surface area (Å²) < 4.78 is 31.1. The fraction of sp³-hybridized carbons (Fsp3) is 0.167. The first-order chi connectivity index (χ1) is 13.0. The zero-order valence-electron chi connectivity index (χ0n) is 14.4. The Morgan fingerprint density at radius 1 is 1.22 bits per heavy atom. The zero-order chi connectivity index (χ0) is 19.1. The second kappa shape index (κ2) is 6.35. The Kier molecular flexibility index (Phi) is 3.98. The average molecular weight is 368 g/mol. The van der Waals surface area contributed by atoms with E-state index in [1.807, 2.05) is 0 Å². The molecule has 0 aliphatic carbocycles. The SMILES string of the molecule is CC(=NO)c1ccc2nnc([C@H](C)c3c(F)cc4ncccc4c3F)n2n1. The predicted molar refractivity (Wildman–Crippen MR) is 94.0 cm³/mol. The van der Waals surface area contributed by atoms with Crippen LogP contribution in [-0.4, -0.2) is 35.7 Å². The largest absolute Gasteiger partial charge is 0.411 e. The number of rotatable bonds is 3. The molecular weight excluding hydrogens is 354 g/mol. The maximum Gasteiger partial charge on any atom is 0.177 e. The van der Waals surface area contributed by atoms with E-state index in [4.69, 9.17) is 5.21 Å². The molecule has 0 saturated heterocycles. The van der Waals surface area contributed by atoms with Gasteiger partial charge in [-0.25, -0.2) is 8.78 Å². The van der Waals surface area contributed by atoms with Crippen molar-refractivity contribution in [3.63, 3.8) is 0 Å². The molecule has 1 atom stereocenters. The number of fused-ring (bicyclic) bond motifs is 2. The molecule has 4 rings (SSSR count). The number of benzene rings is 1. The summed E-state index contributed by atoms with van der Waals surface area (Å²) in [7, 11) is 0. The minimum absolute atomic E-state index is 0.135. The van der Waals surface area contributed by atoms with Gasteiger partial charge in [0.05, 0.1) is 5.52 Å². The summed E-state index contributed by atoms with van der Waals surface area (Å²) in [5, 5.41) is 24.7. The fourth-order valence-corrected chi connectivity index (χ4v) is 3.01. The predicted octanol–water partition coefficient (Wildman–Crippen LogP) is 3.30. The molecule has 136 valence electrons. The van der Waals surface area contributed by atoms with Crippen LogP contribution in [0.1, 0.15) is 36.8 Å². The van der Waals surface area contributed by atoms with Crippen LogP contribution in [0.2, 0.25) is 0 Å². The van der Waals surface area contributed by atoms with Crippen LogP contribution >= 0.6 is 0 Å². The normalized spacial score (nSPS) is 13.4. The molecule has 0 amide bonds. The van der Waals surface area contributed by atoms with E-state index >= 15 is 4.39 Å². The number of aromatic nitrogens is 5. The topological polar surface area (TPSA) is 88.6 Å². The minimum Gasteiger partial charge on any atom is -0.411 e. The lowest BCUT2D eigenvalue weighted by Gasteiger charge is -2.14. The van der Waals surface area contributed by atoms with E-state index < -0.39 is 17.6 Å². The van der Waals surface area contributed by atoms with Gasteiger partial charge in [-0.3, -0.25) is 4.98 Å². The zero-order valence-corrected chi connectivity index (χ0v) is 14.4. The molecule has 0 radical (unpaired) electrons. The van der Waals surface area contributed by atoms with Crippen LogP contribution in [-0.2, 0) is 0 Å². The first-order valence-corrected chi connectivity index (χ1v) is 8.15. The number of halogens is 2. The molecule has 0 unspecified atom stereocenters. The van der Waals surface area contributed by atoms with E-state index in [9.17, 15) is 4.39 Å². The van der Waals surface area contributed by atoms with E-state index in [2.05, 4.69) is 25.4 Å². The van der Waals surface area contributed by atoms with Gasteiger partial charge in [0.25, 0.3) is 0 Å². The standard InChI is InChI=1S/C18H14F2N6O/c1-9(16-12(19)8-14-11(17(16)20)4-3-7-21-14)18-23-22-15-6-5-13(10(2)25-27)24-26(15)18/h3-9,27H,1-2H3/t9-/m1/s1. The van der Waals surface area contributed by atoms with E-state index in [0.29, 0.717) is 17.1 Å². The number of oxime groups is 1. The van der Waals surface area contributed by atoms with Crippen molar-refractivity contribution in [1.29, 1.82) is 0 Å². The minimum atomic E-state index is -0.765. The Balaban J connectivity index is 1.91. The lowest BCUT2D eigenvalue weighted by molar-refractivity contribution is 0.319. The number of hydrogen-bond acceptors (Lipinski definition) is 6. The van der Waals surface area contributed by atoms with Gasteiger partial charge < -0.3 is 5.21 Å². The Morgan fingerprint density at radius 3 is 2.81 bits per heavy atom. The first-order valence-electron chi connectivity index (χ1n) is 8.15. The molecule has 27 heavy (non-hydrogen) atoms. The van der Waals surface area contributed by atoms with Gasteiger partial charge in [0.15, 0.2) is 11.5 Å². The highest BCUT2D eigenvalue weighted by Gasteiger charge is 2.25. The van der Waals surface area contributed by atoms with Crippen molar-refractivity contribution in [1.82, 2.24) is 24.8 Å². The fourth-order valence-electron chi connectivity index (χ4n) is 3.01. The maximum atomic E-state index is 15.0. The second-order valence-electron chi connectivity index (χ2n) is 6.11. The summed E-state index contributed by atoms with van der Waals surface area (Å²) in [6.07, 6.45) is 1.48. The number of nitrogens with zero attached hydrogens (tertiary/aromatic N) is 6. The van der Waals surface area contributed by atoms with Crippen molar-refractivity contribution < 1.29 is 14.0 Å². The van der Waals surface area contributed by atoms with Crippen molar-refractivity contribution in [3.05, 3.63) is 65.2 Å². The Morgan fingerprint density at radius 2 is 2.04 bits per heavy atom. The first kappa shape index (κ1) is 17.0. The summed E-state index contributed by atoms with van der Waals surface area (Å²) in [5.74, 6) is -1.91. The third-order valence-corrected chi connectivity index (χ3v) is 4.46. The lowest BCUT2D eigenvalue weighted by Crippen LogP contribution is -2.11. The number of hydrogen-bond donors (Lipinski definition) is 1. The molecule has 3 aromatic heterocycles. The third-order valence-electron chi connectivity index (χ3n) is 4.46. The summed E-state index contributed by atoms with van der Waals surface area (Å²) in [4.78, 5) is 3.99. The van der Waals surface area contributed by atoms with Crippen LogP contribution < -0.4 is 0 Å². The van der Waals surface area contributed by atoms with Crippen LogP contribution in [0.5, 0.6) is 0 Å². The summed E-state index contributed by atoms with van der Waals surface area (Å²) >= 11 is 0. The smallest absolute Gasteiger partial charge is 0.177 e. The highest BCUT2D eigenvalue weighted by atomic mass is 19.1. The quantitative estimate of drug-likeness (QED) is 0.340. The van der Waals surface area contributed by atoms with Gasteiger partial charge >= 0.3 is 0 Å². The third kappa shape index (κ3) is 2.67. The molecule has 0 fully saturated rings. The monoisotopic (exact) mass is 368 g/mol. The second-order valence-corrected chi connectivity index (χ2v) is 6.11. The van der Waals surface area contributed by atoms with Gasteiger partial charge in [-0.2, -0.15) is 9.61 Å². The van der Waals surface area contributed by atoms with E-state index in [1.165, 1.54) is 16.8 Å². The van der Waals surface area contributed by atoms with E-state index in [-0.39, 0.29) is 22.3 Å². The Labute approximate surface area is 152 Å². The molecule has 0 saturated carbocycles. The number of pyridine rings is 1. The van der Waals surface area contributed by atoms with Crippen LogP contribution in [0, 0.1) is 11.6 Å². The molecule has 0 spiro atoms. The van der Waals surface area contributed by atoms with Gasteiger partial charge in [0.1, 0.15) is 23.0 Å². The van der Waals surface area contributed by atoms with Crippen molar-refractivity contribution >= 4 is 22.3 Å². The van der Waals surface area contributed by atoms with Crippen molar-refractivity contribution in [2.75, 3.05) is 0 Å². The average Bonchev–Trinajstić information content (AvgIpc) is 3.10. The molecule has 0 aliphatic heterocycles. The summed E-state index contributed by atoms with van der Waals surface area (Å²) in [6.45, 7) is 3.21. The molecule has 9 heteroatoms. The Hall–Kier alpha value is -3.49. The molecule has 1 N–H and O–H groups in total. The highest BCUT2D eigenvalue weighted by molar-refractivity contribution is 5.96. The maximum absolute atomic E-state index is 15.0. The van der Waals surface area contributed by atoms with Crippen molar-refractivity contribution in [3.8, 4) is 0 Å². The van der Waals surface area contributed by atoms with Gasteiger partial charge in [-0.05, 0) is 31.2 Å². The molecule has 4 aromatic rings. The molecule has 1 aromatic carbocycles.